The van der Waals surface area contributed by atoms with Gasteiger partial charge in [0.05, 0.1) is 17.3 Å². The molecule has 0 bridgehead atoms. The maximum Gasteiger partial charge on any atom is 0.320 e. The number of carbonyl (C=O) groups excluding carboxylic acids is 1. The van der Waals surface area contributed by atoms with Crippen molar-refractivity contribution >= 4 is 17.8 Å². The number of aromatic nitrogens is 2. The number of nitrogens with zero attached hydrogens (tertiary/aromatic N) is 2. The molecule has 27 heavy (non-hydrogen) atoms. The van der Waals surface area contributed by atoms with Gasteiger partial charge < -0.3 is 10.4 Å². The van der Waals surface area contributed by atoms with Gasteiger partial charge in [0.1, 0.15) is 5.82 Å². The van der Waals surface area contributed by atoms with E-state index < -0.39 is 5.97 Å². The maximum atomic E-state index is 12.5. The first-order valence-electron chi connectivity index (χ1n) is 9.39. The van der Waals surface area contributed by atoms with Gasteiger partial charge >= 0.3 is 12.0 Å². The van der Waals surface area contributed by atoms with E-state index in [1.54, 1.807) is 4.68 Å². The zero-order valence-corrected chi connectivity index (χ0v) is 15.7. The number of hydrogen-bond acceptors (Lipinski definition) is 3. The Morgan fingerprint density at radius 3 is 2.41 bits per heavy atom. The Morgan fingerprint density at radius 2 is 1.81 bits per heavy atom. The van der Waals surface area contributed by atoms with Gasteiger partial charge in [0.25, 0.3) is 0 Å². The summed E-state index contributed by atoms with van der Waals surface area (Å²) in [7, 11) is 0. The second-order valence-electron chi connectivity index (χ2n) is 7.34. The van der Waals surface area contributed by atoms with Crippen LogP contribution in [0, 0.1) is 5.92 Å². The Hall–Kier alpha value is -2.83. The van der Waals surface area contributed by atoms with Crippen LogP contribution in [0.2, 0.25) is 0 Å². The number of carboxylic acid groups (broad SMARTS) is 1. The molecule has 2 amide bonds. The van der Waals surface area contributed by atoms with Gasteiger partial charge in [-0.25, -0.2) is 9.48 Å². The highest BCUT2D eigenvalue weighted by Crippen LogP contribution is 2.25. The van der Waals surface area contributed by atoms with Crippen molar-refractivity contribution in [2.24, 2.45) is 5.92 Å². The fraction of sp³-hybridized carbons (Fsp3) is 0.450. The van der Waals surface area contributed by atoms with Crippen LogP contribution in [0.5, 0.6) is 0 Å². The van der Waals surface area contributed by atoms with Gasteiger partial charge in [-0.3, -0.25) is 10.1 Å². The number of aliphatic carboxylic acids is 1. The van der Waals surface area contributed by atoms with E-state index in [-0.39, 0.29) is 23.9 Å². The number of benzene rings is 1. The highest BCUT2D eigenvalue weighted by atomic mass is 16.4. The zero-order valence-electron chi connectivity index (χ0n) is 15.7. The average molecular weight is 370 g/mol. The number of rotatable bonds is 5. The summed E-state index contributed by atoms with van der Waals surface area (Å²) in [5, 5.41) is 19.6. The quantitative estimate of drug-likeness (QED) is 0.746. The third-order valence-electron chi connectivity index (χ3n) is 4.97. The van der Waals surface area contributed by atoms with Crippen LogP contribution in [0.3, 0.4) is 0 Å². The molecule has 0 aliphatic heterocycles. The van der Waals surface area contributed by atoms with E-state index in [0.717, 1.165) is 11.4 Å². The lowest BCUT2D eigenvalue weighted by Crippen LogP contribution is -2.41. The number of nitrogens with one attached hydrogen (secondary N) is 2. The molecule has 3 N–H and O–H groups in total. The third kappa shape index (κ3) is 4.67. The molecular weight excluding hydrogens is 344 g/mol. The third-order valence-corrected chi connectivity index (χ3v) is 4.97. The zero-order chi connectivity index (χ0) is 19.4. The molecule has 2 aromatic rings. The van der Waals surface area contributed by atoms with Gasteiger partial charge in [-0.1, -0.05) is 32.0 Å². The van der Waals surface area contributed by atoms with Crippen LogP contribution in [-0.4, -0.2) is 32.9 Å². The van der Waals surface area contributed by atoms with Crippen LogP contribution >= 0.6 is 0 Å². The first-order chi connectivity index (χ1) is 12.9. The van der Waals surface area contributed by atoms with Crippen LogP contribution < -0.4 is 10.6 Å². The lowest BCUT2D eigenvalue weighted by molar-refractivity contribution is -0.142. The Bertz CT molecular complexity index is 793. The minimum atomic E-state index is -0.745. The summed E-state index contributed by atoms with van der Waals surface area (Å²) in [5.41, 5.74) is 1.78. The van der Waals surface area contributed by atoms with Crippen molar-refractivity contribution in [2.75, 3.05) is 5.32 Å². The summed E-state index contributed by atoms with van der Waals surface area (Å²) in [6.45, 7) is 4.12. The van der Waals surface area contributed by atoms with Crippen molar-refractivity contribution in [2.45, 2.75) is 51.5 Å². The number of para-hydroxylation sites is 1. The molecule has 7 nitrogen and oxygen atoms in total. The Balaban J connectivity index is 1.68. The van der Waals surface area contributed by atoms with E-state index >= 15 is 0 Å². The van der Waals surface area contributed by atoms with E-state index in [1.165, 1.54) is 0 Å². The number of carbonyl (C=O) groups is 2. The summed E-state index contributed by atoms with van der Waals surface area (Å²) < 4.78 is 1.73. The van der Waals surface area contributed by atoms with E-state index in [1.807, 2.05) is 36.4 Å². The summed E-state index contributed by atoms with van der Waals surface area (Å²) in [5.74, 6) is -0.184. The van der Waals surface area contributed by atoms with E-state index in [4.69, 9.17) is 5.11 Å². The highest BCUT2D eigenvalue weighted by molar-refractivity contribution is 5.89. The Kier molecular flexibility index (Phi) is 5.78. The maximum absolute atomic E-state index is 12.5. The molecular formula is C20H26N4O3. The summed E-state index contributed by atoms with van der Waals surface area (Å²) >= 11 is 0. The number of anilines is 1. The molecule has 0 unspecified atom stereocenters. The molecule has 0 spiro atoms. The molecule has 0 saturated heterocycles. The molecule has 0 radical (unpaired) electrons. The summed E-state index contributed by atoms with van der Waals surface area (Å²) in [6.07, 6.45) is 2.55. The number of amides is 2. The summed E-state index contributed by atoms with van der Waals surface area (Å²) in [4.78, 5) is 23.5. The minimum Gasteiger partial charge on any atom is -0.481 e. The smallest absolute Gasteiger partial charge is 0.320 e. The van der Waals surface area contributed by atoms with Crippen LogP contribution in [0.1, 0.15) is 51.1 Å². The molecule has 1 saturated carbocycles. The first-order valence-corrected chi connectivity index (χ1v) is 9.39. The van der Waals surface area contributed by atoms with Gasteiger partial charge in [0.15, 0.2) is 0 Å². The second-order valence-corrected chi connectivity index (χ2v) is 7.34. The molecule has 3 rings (SSSR count). The molecule has 1 heterocycles. The topological polar surface area (TPSA) is 96.3 Å². The van der Waals surface area contributed by atoms with Crippen molar-refractivity contribution in [3.8, 4) is 5.69 Å². The largest absolute Gasteiger partial charge is 0.481 e. The van der Waals surface area contributed by atoms with Gasteiger partial charge in [0.2, 0.25) is 0 Å². The Labute approximate surface area is 158 Å². The van der Waals surface area contributed by atoms with Crippen LogP contribution in [0.25, 0.3) is 5.69 Å². The molecule has 7 heteroatoms. The van der Waals surface area contributed by atoms with Crippen molar-refractivity contribution in [1.82, 2.24) is 15.1 Å². The van der Waals surface area contributed by atoms with Crippen LogP contribution in [-0.2, 0) is 4.79 Å². The predicted molar refractivity (Wildman–Crippen MR) is 103 cm³/mol. The second kappa shape index (κ2) is 8.24. The normalized spacial score (nSPS) is 19.7. The highest BCUT2D eigenvalue weighted by Gasteiger charge is 2.27. The van der Waals surface area contributed by atoms with Crippen molar-refractivity contribution in [3.05, 3.63) is 42.1 Å². The number of hydrogen-bond donors (Lipinski definition) is 3. The van der Waals surface area contributed by atoms with Crippen LogP contribution in [0.15, 0.2) is 36.4 Å². The van der Waals surface area contributed by atoms with Gasteiger partial charge in [-0.2, -0.15) is 5.10 Å². The van der Waals surface area contributed by atoms with Crippen molar-refractivity contribution < 1.29 is 14.7 Å². The van der Waals surface area contributed by atoms with Gasteiger partial charge in [0, 0.05) is 12.1 Å². The lowest BCUT2D eigenvalue weighted by atomic mass is 9.86. The number of urea groups is 1. The predicted octanol–water partition coefficient (Wildman–Crippen LogP) is 3.76. The van der Waals surface area contributed by atoms with Crippen molar-refractivity contribution in [1.29, 1.82) is 0 Å². The van der Waals surface area contributed by atoms with Crippen molar-refractivity contribution in [3.63, 3.8) is 0 Å². The molecule has 1 aliphatic carbocycles. The van der Waals surface area contributed by atoms with E-state index in [9.17, 15) is 9.59 Å². The first kappa shape index (κ1) is 18.9. The lowest BCUT2D eigenvalue weighted by Gasteiger charge is -2.26. The molecule has 144 valence electrons. The fourth-order valence-corrected chi connectivity index (χ4v) is 3.36. The molecule has 1 aliphatic rings. The fourth-order valence-electron chi connectivity index (χ4n) is 3.36. The van der Waals surface area contributed by atoms with Gasteiger partial charge in [-0.15, -0.1) is 0 Å². The number of carboxylic acids is 1. The molecule has 0 atom stereocenters. The monoisotopic (exact) mass is 370 g/mol. The average Bonchev–Trinajstić information content (AvgIpc) is 3.07. The molecule has 1 aromatic heterocycles. The molecule has 1 aromatic carbocycles. The summed E-state index contributed by atoms with van der Waals surface area (Å²) in [6, 6.07) is 11.3. The standard InChI is InChI=1S/C20H26N4O3/c1-13(2)17-12-18(24(23-17)16-6-4-3-5-7-16)22-20(27)21-15-10-8-14(9-11-15)19(25)26/h3-7,12-15H,8-11H2,1-2H3,(H,25,26)(H2,21,22,27). The SMILES string of the molecule is CC(C)c1cc(NC(=O)NC2CCC(C(=O)O)CC2)n(-c2ccccc2)n1. The minimum absolute atomic E-state index is 0.00161. The van der Waals surface area contributed by atoms with E-state index in [0.29, 0.717) is 31.5 Å². The molecule has 1 fully saturated rings. The van der Waals surface area contributed by atoms with Crippen LogP contribution in [0.4, 0.5) is 10.6 Å². The van der Waals surface area contributed by atoms with Gasteiger partial charge in [-0.05, 0) is 43.7 Å². The Morgan fingerprint density at radius 1 is 1.15 bits per heavy atom. The van der Waals surface area contributed by atoms with E-state index in [2.05, 4.69) is 29.6 Å².